The second-order valence-electron chi connectivity index (χ2n) is 11.5. The minimum atomic E-state index is -3.63. The molecule has 2 aliphatic heterocycles. The number of anilines is 1. The summed E-state index contributed by atoms with van der Waals surface area (Å²) >= 11 is 0. The van der Waals surface area contributed by atoms with Crippen molar-refractivity contribution in [2.24, 2.45) is 11.3 Å². The molecular formula is C27H38N6O5S. The highest BCUT2D eigenvalue weighted by molar-refractivity contribution is 7.88. The lowest BCUT2D eigenvalue weighted by Gasteiger charge is -2.37. The number of likely N-dealkylation sites (tertiary alicyclic amines) is 1. The molecule has 0 saturated carbocycles. The van der Waals surface area contributed by atoms with Gasteiger partial charge < -0.3 is 20.9 Å². The molecule has 0 unspecified atom stereocenters. The van der Waals surface area contributed by atoms with Gasteiger partial charge in [0.2, 0.25) is 27.7 Å². The highest BCUT2D eigenvalue weighted by Gasteiger charge is 2.56. The Morgan fingerprint density at radius 3 is 2.49 bits per heavy atom. The van der Waals surface area contributed by atoms with Crippen molar-refractivity contribution >= 4 is 44.3 Å². The molecule has 1 aromatic carbocycles. The first kappa shape index (κ1) is 28.9. The Labute approximate surface area is 229 Å². The second kappa shape index (κ2) is 10.8. The first-order valence-electron chi connectivity index (χ1n) is 13.1. The number of hydrogen-bond donors (Lipinski definition) is 3. The van der Waals surface area contributed by atoms with Crippen LogP contribution in [-0.2, 0) is 24.4 Å². The largest absolute Gasteiger partial charge is 0.342 e. The van der Waals surface area contributed by atoms with Crippen LogP contribution in [0.4, 0.5) is 5.69 Å². The standard InChI is InChI=1S/C27H38N6O5S/c1-16(28-5)24(34)31-23(27(2,3)4)26(36)32-12-11-21-22(32)19(15-33(21)39(6,37)38)25(35)30-18-13-17-9-7-8-10-20(17)29-14-18/h7-10,13-14,16,19,21-23,28H,11-12,15H2,1-6H3,(H,30,35)(H,31,34)/t16-,19-,21+,22+,23+/m0/s1. The third-order valence-electron chi connectivity index (χ3n) is 7.71. The number of likely N-dealkylation sites (N-methyl/N-ethyl adjacent to an activating group) is 1. The van der Waals surface area contributed by atoms with Crippen LogP contribution in [0.15, 0.2) is 36.5 Å². The van der Waals surface area contributed by atoms with Crippen molar-refractivity contribution in [1.29, 1.82) is 0 Å². The Morgan fingerprint density at radius 2 is 1.85 bits per heavy atom. The molecule has 2 saturated heterocycles. The molecule has 0 radical (unpaired) electrons. The number of aromatic nitrogens is 1. The maximum atomic E-state index is 14.0. The molecule has 12 heteroatoms. The van der Waals surface area contributed by atoms with Gasteiger partial charge in [-0.3, -0.25) is 19.4 Å². The predicted octanol–water partition coefficient (Wildman–Crippen LogP) is 1.17. The van der Waals surface area contributed by atoms with E-state index in [-0.39, 0.29) is 30.8 Å². The van der Waals surface area contributed by atoms with E-state index in [1.54, 1.807) is 25.1 Å². The molecular weight excluding hydrogens is 520 g/mol. The quantitative estimate of drug-likeness (QED) is 0.463. The molecule has 3 heterocycles. The minimum Gasteiger partial charge on any atom is -0.342 e. The zero-order valence-electron chi connectivity index (χ0n) is 23.3. The third-order valence-corrected chi connectivity index (χ3v) is 8.98. The van der Waals surface area contributed by atoms with Crippen LogP contribution < -0.4 is 16.0 Å². The summed E-state index contributed by atoms with van der Waals surface area (Å²) in [7, 11) is -1.97. The van der Waals surface area contributed by atoms with Gasteiger partial charge in [0, 0.05) is 24.5 Å². The van der Waals surface area contributed by atoms with Gasteiger partial charge in [0.15, 0.2) is 0 Å². The number of sulfonamides is 1. The van der Waals surface area contributed by atoms with Gasteiger partial charge >= 0.3 is 0 Å². The first-order chi connectivity index (χ1) is 18.2. The van der Waals surface area contributed by atoms with Crippen LogP contribution >= 0.6 is 0 Å². The lowest BCUT2D eigenvalue weighted by molar-refractivity contribution is -0.141. The van der Waals surface area contributed by atoms with E-state index in [9.17, 15) is 22.8 Å². The van der Waals surface area contributed by atoms with Crippen LogP contribution in [0.1, 0.15) is 34.1 Å². The molecule has 0 aliphatic carbocycles. The highest BCUT2D eigenvalue weighted by atomic mass is 32.2. The minimum absolute atomic E-state index is 0.0336. The summed E-state index contributed by atoms with van der Waals surface area (Å²) < 4.78 is 26.7. The summed E-state index contributed by atoms with van der Waals surface area (Å²) in [6.07, 6.45) is 3.09. The van der Waals surface area contributed by atoms with Crippen LogP contribution in [0, 0.1) is 11.3 Å². The summed E-state index contributed by atoms with van der Waals surface area (Å²) in [6, 6.07) is 6.78. The van der Waals surface area contributed by atoms with Crippen molar-refractivity contribution in [3.8, 4) is 0 Å². The fourth-order valence-corrected chi connectivity index (χ4v) is 6.65. The van der Waals surface area contributed by atoms with Crippen molar-refractivity contribution in [2.45, 2.75) is 58.3 Å². The SMILES string of the molecule is CN[C@@H](C)C(=O)N[C@H](C(=O)N1CC[C@@H]2[C@H]1[C@@H](C(=O)Nc1cnc3ccccc3c1)CN2S(C)(=O)=O)C(C)(C)C. The molecule has 2 aliphatic rings. The van der Waals surface area contributed by atoms with E-state index in [1.165, 1.54) is 4.31 Å². The van der Waals surface area contributed by atoms with E-state index in [4.69, 9.17) is 0 Å². The Bertz CT molecular complexity index is 1370. The summed E-state index contributed by atoms with van der Waals surface area (Å²) in [5.41, 5.74) is 0.655. The molecule has 5 atom stereocenters. The number of pyridine rings is 1. The van der Waals surface area contributed by atoms with Gasteiger partial charge in [-0.25, -0.2) is 8.42 Å². The van der Waals surface area contributed by atoms with Gasteiger partial charge in [0.05, 0.1) is 41.7 Å². The van der Waals surface area contributed by atoms with E-state index >= 15 is 0 Å². The number of carbonyl (C=O) groups excluding carboxylic acids is 3. The van der Waals surface area contributed by atoms with Crippen molar-refractivity contribution < 1.29 is 22.8 Å². The van der Waals surface area contributed by atoms with Gasteiger partial charge in [-0.15, -0.1) is 0 Å². The van der Waals surface area contributed by atoms with Crippen molar-refractivity contribution in [2.75, 3.05) is 31.7 Å². The van der Waals surface area contributed by atoms with E-state index in [1.807, 2.05) is 51.1 Å². The molecule has 212 valence electrons. The number of carbonyl (C=O) groups is 3. The van der Waals surface area contributed by atoms with Gasteiger partial charge in [-0.1, -0.05) is 39.0 Å². The number of nitrogens with one attached hydrogen (secondary N) is 3. The lowest BCUT2D eigenvalue weighted by atomic mass is 9.85. The van der Waals surface area contributed by atoms with Gasteiger partial charge in [-0.05, 0) is 37.9 Å². The highest BCUT2D eigenvalue weighted by Crippen LogP contribution is 2.39. The van der Waals surface area contributed by atoms with Crippen molar-refractivity contribution in [3.63, 3.8) is 0 Å². The number of para-hydroxylation sites is 1. The van der Waals surface area contributed by atoms with Crippen LogP contribution in [0.25, 0.3) is 10.9 Å². The van der Waals surface area contributed by atoms with E-state index in [0.717, 1.165) is 17.2 Å². The van der Waals surface area contributed by atoms with Gasteiger partial charge in [-0.2, -0.15) is 4.31 Å². The third kappa shape index (κ3) is 5.92. The molecule has 39 heavy (non-hydrogen) atoms. The summed E-state index contributed by atoms with van der Waals surface area (Å²) in [6.45, 7) is 7.54. The van der Waals surface area contributed by atoms with E-state index in [2.05, 4.69) is 20.9 Å². The number of amides is 3. The number of hydrogen-bond acceptors (Lipinski definition) is 7. The lowest BCUT2D eigenvalue weighted by Crippen LogP contribution is -2.59. The van der Waals surface area contributed by atoms with Crippen molar-refractivity contribution in [1.82, 2.24) is 24.8 Å². The summed E-state index contributed by atoms with van der Waals surface area (Å²) in [5, 5.41) is 9.50. The van der Waals surface area contributed by atoms with Crippen LogP contribution in [0.3, 0.4) is 0 Å². The predicted molar refractivity (Wildman–Crippen MR) is 149 cm³/mol. The van der Waals surface area contributed by atoms with Gasteiger partial charge in [0.1, 0.15) is 6.04 Å². The molecule has 0 bridgehead atoms. The van der Waals surface area contributed by atoms with Crippen LogP contribution in [0.5, 0.6) is 0 Å². The number of benzene rings is 1. The fraction of sp³-hybridized carbons (Fsp3) is 0.556. The smallest absolute Gasteiger partial charge is 0.246 e. The number of fused-ring (bicyclic) bond motifs is 2. The Balaban J connectivity index is 1.63. The molecule has 4 rings (SSSR count). The molecule has 1 aromatic heterocycles. The van der Waals surface area contributed by atoms with Gasteiger partial charge in [0.25, 0.3) is 0 Å². The zero-order valence-corrected chi connectivity index (χ0v) is 24.1. The molecule has 2 fully saturated rings. The van der Waals surface area contributed by atoms with Crippen LogP contribution in [-0.4, -0.2) is 90.9 Å². The van der Waals surface area contributed by atoms with Crippen LogP contribution in [0.2, 0.25) is 0 Å². The number of rotatable bonds is 7. The average Bonchev–Trinajstić information content (AvgIpc) is 3.46. The number of nitrogens with zero attached hydrogens (tertiary/aromatic N) is 3. The molecule has 0 spiro atoms. The summed E-state index contributed by atoms with van der Waals surface area (Å²) in [5.74, 6) is -1.82. The average molecular weight is 559 g/mol. The first-order valence-corrected chi connectivity index (χ1v) is 15.0. The maximum absolute atomic E-state index is 14.0. The molecule has 3 N–H and O–H groups in total. The van der Waals surface area contributed by atoms with E-state index < -0.39 is 45.5 Å². The molecule has 2 aromatic rings. The summed E-state index contributed by atoms with van der Waals surface area (Å²) in [4.78, 5) is 46.3. The van der Waals surface area contributed by atoms with Crippen molar-refractivity contribution in [3.05, 3.63) is 36.5 Å². The second-order valence-corrected chi connectivity index (χ2v) is 13.5. The maximum Gasteiger partial charge on any atom is 0.246 e. The van der Waals surface area contributed by atoms with E-state index in [0.29, 0.717) is 12.1 Å². The topological polar surface area (TPSA) is 141 Å². The normalized spacial score (nSPS) is 23.3. The molecule has 11 nitrogen and oxygen atoms in total. The zero-order chi connectivity index (χ0) is 28.7. The monoisotopic (exact) mass is 558 g/mol. The Kier molecular flexibility index (Phi) is 8.02. The Morgan fingerprint density at radius 1 is 1.15 bits per heavy atom. The Hall–Kier alpha value is -3.09. The fourth-order valence-electron chi connectivity index (χ4n) is 5.50. The molecule has 3 amide bonds.